The van der Waals surface area contributed by atoms with Gasteiger partial charge in [-0.25, -0.2) is 13.4 Å². The molecular formula is C15H21N7O3S. The van der Waals surface area contributed by atoms with E-state index in [1.54, 1.807) is 18.3 Å². The first kappa shape index (κ1) is 19.5. The molecular weight excluding hydrogens is 358 g/mol. The SMILES string of the molecule is CN(CC(=O)NCCNc1ccc(Nc2ccccn2)nn1)S(C)(=O)=O. The number of hydrogen-bond donors (Lipinski definition) is 3. The van der Waals surface area contributed by atoms with Crippen molar-refractivity contribution in [1.82, 2.24) is 24.8 Å². The molecule has 0 unspecified atom stereocenters. The van der Waals surface area contributed by atoms with Crippen molar-refractivity contribution in [3.8, 4) is 0 Å². The van der Waals surface area contributed by atoms with Gasteiger partial charge in [0.15, 0.2) is 5.82 Å². The Kier molecular flexibility index (Phi) is 6.81. The van der Waals surface area contributed by atoms with Crippen molar-refractivity contribution in [2.75, 3.05) is 43.6 Å². The van der Waals surface area contributed by atoms with Crippen LogP contribution in [0.2, 0.25) is 0 Å². The fourth-order valence-corrected chi connectivity index (χ4v) is 2.18. The Hall–Kier alpha value is -2.79. The Morgan fingerprint density at radius 3 is 2.42 bits per heavy atom. The van der Waals surface area contributed by atoms with E-state index in [0.717, 1.165) is 10.6 Å². The summed E-state index contributed by atoms with van der Waals surface area (Å²) < 4.78 is 23.4. The number of anilines is 3. The first-order valence-corrected chi connectivity index (χ1v) is 9.63. The third-order valence-corrected chi connectivity index (χ3v) is 4.53. The number of aromatic nitrogens is 3. The topological polar surface area (TPSA) is 129 Å². The predicted octanol–water partition coefficient (Wildman–Crippen LogP) is 0.0347. The summed E-state index contributed by atoms with van der Waals surface area (Å²) in [6.07, 6.45) is 2.72. The van der Waals surface area contributed by atoms with E-state index in [-0.39, 0.29) is 12.5 Å². The summed E-state index contributed by atoms with van der Waals surface area (Å²) in [4.78, 5) is 15.8. The van der Waals surface area contributed by atoms with Crippen LogP contribution in [-0.4, -0.2) is 66.7 Å². The molecule has 0 aliphatic carbocycles. The maximum absolute atomic E-state index is 11.6. The predicted molar refractivity (Wildman–Crippen MR) is 98.5 cm³/mol. The highest BCUT2D eigenvalue weighted by Gasteiger charge is 2.14. The second kappa shape index (κ2) is 9.06. The number of hydrogen-bond acceptors (Lipinski definition) is 8. The molecule has 0 saturated carbocycles. The second-order valence-electron chi connectivity index (χ2n) is 5.44. The lowest BCUT2D eigenvalue weighted by Crippen LogP contribution is -2.39. The molecule has 26 heavy (non-hydrogen) atoms. The van der Waals surface area contributed by atoms with Crippen LogP contribution in [0.3, 0.4) is 0 Å². The van der Waals surface area contributed by atoms with E-state index in [1.165, 1.54) is 7.05 Å². The van der Waals surface area contributed by atoms with Gasteiger partial charge in [0, 0.05) is 26.3 Å². The minimum absolute atomic E-state index is 0.216. The average Bonchev–Trinajstić information content (AvgIpc) is 2.60. The van der Waals surface area contributed by atoms with E-state index in [0.29, 0.717) is 30.5 Å². The zero-order valence-electron chi connectivity index (χ0n) is 14.5. The summed E-state index contributed by atoms with van der Waals surface area (Å²) in [5, 5.41) is 16.7. The molecule has 11 heteroatoms. The van der Waals surface area contributed by atoms with Crippen molar-refractivity contribution in [2.45, 2.75) is 0 Å². The Morgan fingerprint density at radius 2 is 1.81 bits per heavy atom. The highest BCUT2D eigenvalue weighted by molar-refractivity contribution is 7.88. The molecule has 0 aromatic carbocycles. The molecule has 0 fully saturated rings. The molecule has 2 rings (SSSR count). The van der Waals surface area contributed by atoms with Gasteiger partial charge in [-0.1, -0.05) is 6.07 Å². The van der Waals surface area contributed by atoms with Crippen molar-refractivity contribution in [3.63, 3.8) is 0 Å². The van der Waals surface area contributed by atoms with Gasteiger partial charge in [0.05, 0.1) is 12.8 Å². The van der Waals surface area contributed by atoms with E-state index in [1.807, 2.05) is 18.2 Å². The van der Waals surface area contributed by atoms with Crippen LogP contribution < -0.4 is 16.0 Å². The zero-order chi connectivity index (χ0) is 19.0. The Bertz CT molecular complexity index is 813. The van der Waals surface area contributed by atoms with Crippen molar-refractivity contribution in [3.05, 3.63) is 36.5 Å². The van der Waals surface area contributed by atoms with Crippen molar-refractivity contribution in [1.29, 1.82) is 0 Å². The molecule has 1 amide bonds. The van der Waals surface area contributed by atoms with E-state index < -0.39 is 10.0 Å². The van der Waals surface area contributed by atoms with Gasteiger partial charge in [-0.3, -0.25) is 4.79 Å². The molecule has 0 atom stereocenters. The van der Waals surface area contributed by atoms with Crippen LogP contribution >= 0.6 is 0 Å². The smallest absolute Gasteiger partial charge is 0.235 e. The van der Waals surface area contributed by atoms with Crippen LogP contribution in [0.15, 0.2) is 36.5 Å². The standard InChI is InChI=1S/C15H21N7O3S/c1-22(26(2,24)25)11-15(23)18-10-9-17-13-6-7-14(21-20-13)19-12-5-3-4-8-16-12/h3-8H,9-11H2,1-2H3,(H,17,20)(H,18,23)(H,16,19,21). The second-order valence-corrected chi connectivity index (χ2v) is 7.53. The van der Waals surface area contributed by atoms with Crippen LogP contribution in [0.5, 0.6) is 0 Å². The number of amides is 1. The number of rotatable bonds is 9. The lowest BCUT2D eigenvalue weighted by molar-refractivity contribution is -0.121. The fraction of sp³-hybridized carbons (Fsp3) is 0.333. The molecule has 3 N–H and O–H groups in total. The zero-order valence-corrected chi connectivity index (χ0v) is 15.3. The maximum Gasteiger partial charge on any atom is 0.235 e. The minimum atomic E-state index is -3.37. The van der Waals surface area contributed by atoms with Gasteiger partial charge in [-0.2, -0.15) is 4.31 Å². The quantitative estimate of drug-likeness (QED) is 0.521. The number of carbonyl (C=O) groups excluding carboxylic acids is 1. The number of sulfonamides is 1. The number of pyridine rings is 1. The van der Waals surface area contributed by atoms with Crippen LogP contribution in [-0.2, 0) is 14.8 Å². The summed E-state index contributed by atoms with van der Waals surface area (Å²) >= 11 is 0. The van der Waals surface area contributed by atoms with Crippen molar-refractivity contribution < 1.29 is 13.2 Å². The van der Waals surface area contributed by atoms with Gasteiger partial charge in [-0.15, -0.1) is 10.2 Å². The molecule has 140 valence electrons. The molecule has 0 saturated heterocycles. The maximum atomic E-state index is 11.6. The summed E-state index contributed by atoms with van der Waals surface area (Å²) in [6, 6.07) is 9.00. The van der Waals surface area contributed by atoms with E-state index in [4.69, 9.17) is 0 Å². The molecule has 0 radical (unpaired) electrons. The molecule has 2 heterocycles. The number of likely N-dealkylation sites (N-methyl/N-ethyl adjacent to an activating group) is 1. The Morgan fingerprint density at radius 1 is 1.08 bits per heavy atom. The van der Waals surface area contributed by atoms with Gasteiger partial charge in [0.25, 0.3) is 0 Å². The van der Waals surface area contributed by atoms with E-state index in [2.05, 4.69) is 31.1 Å². The highest BCUT2D eigenvalue weighted by atomic mass is 32.2. The Labute approximate surface area is 152 Å². The van der Waals surface area contributed by atoms with Gasteiger partial charge >= 0.3 is 0 Å². The van der Waals surface area contributed by atoms with Crippen LogP contribution in [0, 0.1) is 0 Å². The van der Waals surface area contributed by atoms with Crippen LogP contribution in [0.1, 0.15) is 0 Å². The van der Waals surface area contributed by atoms with Crippen LogP contribution in [0.25, 0.3) is 0 Å². The summed E-state index contributed by atoms with van der Waals surface area (Å²) in [7, 11) is -2.02. The third kappa shape index (κ3) is 6.61. The number of nitrogens with zero attached hydrogens (tertiary/aromatic N) is 4. The molecule has 2 aromatic rings. The normalized spacial score (nSPS) is 11.2. The van der Waals surface area contributed by atoms with Gasteiger partial charge < -0.3 is 16.0 Å². The van der Waals surface area contributed by atoms with E-state index >= 15 is 0 Å². The largest absolute Gasteiger partial charge is 0.367 e. The highest BCUT2D eigenvalue weighted by Crippen LogP contribution is 2.11. The van der Waals surface area contributed by atoms with Crippen molar-refractivity contribution in [2.24, 2.45) is 0 Å². The molecule has 0 aliphatic rings. The summed E-state index contributed by atoms with van der Waals surface area (Å²) in [6.45, 7) is 0.536. The fourth-order valence-electron chi connectivity index (χ4n) is 1.83. The lowest BCUT2D eigenvalue weighted by Gasteiger charge is -2.13. The summed E-state index contributed by atoms with van der Waals surface area (Å²) in [5.41, 5.74) is 0. The lowest BCUT2D eigenvalue weighted by atomic mass is 10.4. The minimum Gasteiger partial charge on any atom is -0.367 e. The first-order chi connectivity index (χ1) is 12.3. The molecule has 0 aliphatic heterocycles. The van der Waals surface area contributed by atoms with Crippen LogP contribution in [0.4, 0.5) is 17.5 Å². The molecule has 2 aromatic heterocycles. The summed E-state index contributed by atoms with van der Waals surface area (Å²) in [5.74, 6) is 1.41. The average molecular weight is 379 g/mol. The molecule has 10 nitrogen and oxygen atoms in total. The number of nitrogens with one attached hydrogen (secondary N) is 3. The van der Waals surface area contributed by atoms with Gasteiger partial charge in [-0.05, 0) is 24.3 Å². The molecule has 0 bridgehead atoms. The molecule has 0 spiro atoms. The van der Waals surface area contributed by atoms with Crippen molar-refractivity contribution >= 4 is 33.4 Å². The van der Waals surface area contributed by atoms with Gasteiger partial charge in [0.2, 0.25) is 15.9 Å². The third-order valence-electron chi connectivity index (χ3n) is 3.27. The van der Waals surface area contributed by atoms with Gasteiger partial charge in [0.1, 0.15) is 11.6 Å². The number of carbonyl (C=O) groups is 1. The Balaban J connectivity index is 1.70. The van der Waals surface area contributed by atoms with E-state index in [9.17, 15) is 13.2 Å². The monoisotopic (exact) mass is 379 g/mol. The first-order valence-electron chi connectivity index (χ1n) is 7.78.